The molecule has 2 nitrogen and oxygen atoms in total. The number of benzene rings is 1. The monoisotopic (exact) mass is 233 g/mol. The molecule has 1 rings (SSSR count). The van der Waals surface area contributed by atoms with Crippen LogP contribution in [0.2, 0.25) is 0 Å². The Bertz CT molecular complexity index is 338. The molecule has 0 saturated heterocycles. The van der Waals surface area contributed by atoms with Crippen molar-refractivity contribution in [1.82, 2.24) is 0 Å². The van der Waals surface area contributed by atoms with Crippen molar-refractivity contribution in [3.8, 4) is 5.75 Å². The van der Waals surface area contributed by atoms with E-state index in [1.165, 1.54) is 18.2 Å². The number of para-hydroxylation sites is 1. The van der Waals surface area contributed by atoms with Crippen LogP contribution in [0.1, 0.15) is 18.9 Å². The molecule has 0 heterocycles. The van der Waals surface area contributed by atoms with Crippen molar-refractivity contribution in [2.75, 3.05) is 6.61 Å². The van der Waals surface area contributed by atoms with Crippen LogP contribution in [0.4, 0.5) is 13.2 Å². The normalized spacial score (nSPS) is 13.6. The Hall–Kier alpha value is -1.23. The first-order chi connectivity index (χ1) is 7.45. The first kappa shape index (κ1) is 12.8. The first-order valence-electron chi connectivity index (χ1n) is 4.99. The number of ether oxygens (including phenoxy) is 1. The van der Waals surface area contributed by atoms with Crippen LogP contribution in [-0.2, 0) is 6.18 Å². The second kappa shape index (κ2) is 5.21. The van der Waals surface area contributed by atoms with Gasteiger partial charge in [0, 0.05) is 6.04 Å². The molecule has 1 aromatic rings. The molecule has 1 atom stereocenters. The fourth-order valence-corrected chi connectivity index (χ4v) is 1.14. The molecule has 0 aromatic heterocycles. The smallest absolute Gasteiger partial charge is 0.419 e. The third kappa shape index (κ3) is 3.41. The number of rotatable bonds is 4. The van der Waals surface area contributed by atoms with Crippen molar-refractivity contribution in [3.05, 3.63) is 29.8 Å². The Balaban J connectivity index is 2.80. The van der Waals surface area contributed by atoms with E-state index in [0.717, 1.165) is 6.07 Å². The lowest BCUT2D eigenvalue weighted by molar-refractivity contribution is -0.139. The molecular weight excluding hydrogens is 219 g/mol. The minimum atomic E-state index is -4.40. The summed E-state index contributed by atoms with van der Waals surface area (Å²) >= 11 is 0. The van der Waals surface area contributed by atoms with Gasteiger partial charge < -0.3 is 10.5 Å². The van der Waals surface area contributed by atoms with Gasteiger partial charge in [-0.25, -0.2) is 0 Å². The summed E-state index contributed by atoms with van der Waals surface area (Å²) in [6.45, 7) is 1.94. The second-order valence-electron chi connectivity index (χ2n) is 3.47. The minimum absolute atomic E-state index is 0.0869. The number of nitrogens with two attached hydrogens (primary N) is 1. The topological polar surface area (TPSA) is 35.2 Å². The lowest BCUT2D eigenvalue weighted by atomic mass is 10.2. The molecule has 5 heteroatoms. The molecule has 90 valence electrons. The van der Waals surface area contributed by atoms with Crippen LogP contribution in [0.25, 0.3) is 0 Å². The predicted molar refractivity (Wildman–Crippen MR) is 55.2 cm³/mol. The lowest BCUT2D eigenvalue weighted by Crippen LogP contribution is -2.27. The van der Waals surface area contributed by atoms with Gasteiger partial charge in [0.2, 0.25) is 0 Å². The van der Waals surface area contributed by atoms with Crippen LogP contribution in [0.5, 0.6) is 5.75 Å². The van der Waals surface area contributed by atoms with Gasteiger partial charge in [-0.1, -0.05) is 19.1 Å². The Morgan fingerprint density at radius 1 is 1.31 bits per heavy atom. The van der Waals surface area contributed by atoms with Crippen molar-refractivity contribution in [1.29, 1.82) is 0 Å². The maximum atomic E-state index is 12.5. The van der Waals surface area contributed by atoms with E-state index in [1.54, 1.807) is 0 Å². The third-order valence-electron chi connectivity index (χ3n) is 2.17. The Kier molecular flexibility index (Phi) is 4.18. The van der Waals surface area contributed by atoms with E-state index in [-0.39, 0.29) is 18.4 Å². The van der Waals surface area contributed by atoms with E-state index in [9.17, 15) is 13.2 Å². The van der Waals surface area contributed by atoms with Crippen molar-refractivity contribution >= 4 is 0 Å². The Morgan fingerprint density at radius 2 is 1.94 bits per heavy atom. The van der Waals surface area contributed by atoms with Gasteiger partial charge in [-0.05, 0) is 18.6 Å². The highest BCUT2D eigenvalue weighted by atomic mass is 19.4. The maximum Gasteiger partial charge on any atom is 0.419 e. The van der Waals surface area contributed by atoms with Crippen molar-refractivity contribution in [2.24, 2.45) is 5.73 Å². The largest absolute Gasteiger partial charge is 0.491 e. The van der Waals surface area contributed by atoms with E-state index >= 15 is 0 Å². The fourth-order valence-electron chi connectivity index (χ4n) is 1.14. The van der Waals surface area contributed by atoms with Gasteiger partial charge >= 0.3 is 6.18 Å². The van der Waals surface area contributed by atoms with Crippen molar-refractivity contribution in [2.45, 2.75) is 25.6 Å². The molecule has 0 bridgehead atoms. The number of alkyl halides is 3. The summed E-state index contributed by atoms with van der Waals surface area (Å²) in [5.74, 6) is -0.168. The third-order valence-corrected chi connectivity index (χ3v) is 2.17. The molecule has 0 aliphatic carbocycles. The van der Waals surface area contributed by atoms with Crippen LogP contribution in [0.3, 0.4) is 0 Å². The molecule has 0 radical (unpaired) electrons. The molecular formula is C11H14F3NO. The van der Waals surface area contributed by atoms with Crippen LogP contribution in [-0.4, -0.2) is 12.6 Å². The summed E-state index contributed by atoms with van der Waals surface area (Å²) in [5, 5.41) is 0. The van der Waals surface area contributed by atoms with Gasteiger partial charge in [0.15, 0.2) is 0 Å². The highest BCUT2D eigenvalue weighted by Crippen LogP contribution is 2.35. The van der Waals surface area contributed by atoms with Crippen LogP contribution < -0.4 is 10.5 Å². The zero-order valence-corrected chi connectivity index (χ0v) is 8.92. The van der Waals surface area contributed by atoms with Gasteiger partial charge in [-0.15, -0.1) is 0 Å². The summed E-state index contributed by atoms with van der Waals surface area (Å²) in [6.07, 6.45) is -3.74. The summed E-state index contributed by atoms with van der Waals surface area (Å²) in [7, 11) is 0. The number of hydrogen-bond acceptors (Lipinski definition) is 2. The highest BCUT2D eigenvalue weighted by molar-refractivity contribution is 5.35. The molecule has 1 unspecified atom stereocenters. The summed E-state index contributed by atoms with van der Waals surface area (Å²) in [5.41, 5.74) is 4.81. The zero-order valence-electron chi connectivity index (χ0n) is 8.92. The summed E-state index contributed by atoms with van der Waals surface area (Å²) in [6, 6.07) is 4.87. The molecule has 2 N–H and O–H groups in total. The summed E-state index contributed by atoms with van der Waals surface area (Å²) in [4.78, 5) is 0. The van der Waals surface area contributed by atoms with Gasteiger partial charge in [-0.2, -0.15) is 13.2 Å². The van der Waals surface area contributed by atoms with E-state index in [0.29, 0.717) is 6.42 Å². The molecule has 0 spiro atoms. The van der Waals surface area contributed by atoms with E-state index in [4.69, 9.17) is 10.5 Å². The standard InChI is InChI=1S/C11H14F3NO/c1-2-8(15)7-16-10-6-4-3-5-9(10)11(12,13)14/h3-6,8H,2,7,15H2,1H3. The minimum Gasteiger partial charge on any atom is -0.491 e. The van der Waals surface area contributed by atoms with E-state index in [2.05, 4.69) is 0 Å². The zero-order chi connectivity index (χ0) is 12.2. The Labute approximate surface area is 92.2 Å². The SMILES string of the molecule is CCC(N)COc1ccccc1C(F)(F)F. The van der Waals surface area contributed by atoms with Gasteiger partial charge in [0.25, 0.3) is 0 Å². The van der Waals surface area contributed by atoms with Crippen LogP contribution >= 0.6 is 0 Å². The summed E-state index contributed by atoms with van der Waals surface area (Å²) < 4.78 is 42.7. The van der Waals surface area contributed by atoms with Crippen LogP contribution in [0.15, 0.2) is 24.3 Å². The van der Waals surface area contributed by atoms with Crippen molar-refractivity contribution in [3.63, 3.8) is 0 Å². The van der Waals surface area contributed by atoms with Gasteiger partial charge in [0.05, 0.1) is 5.56 Å². The molecule has 0 saturated carbocycles. The quantitative estimate of drug-likeness (QED) is 0.867. The molecule has 1 aromatic carbocycles. The Morgan fingerprint density at radius 3 is 2.50 bits per heavy atom. The van der Waals surface area contributed by atoms with Crippen molar-refractivity contribution < 1.29 is 17.9 Å². The fraction of sp³-hybridized carbons (Fsp3) is 0.455. The average Bonchev–Trinajstić information content (AvgIpc) is 2.25. The highest BCUT2D eigenvalue weighted by Gasteiger charge is 2.33. The second-order valence-corrected chi connectivity index (χ2v) is 3.47. The average molecular weight is 233 g/mol. The molecule has 0 aliphatic rings. The maximum absolute atomic E-state index is 12.5. The molecule has 0 aliphatic heterocycles. The van der Waals surface area contributed by atoms with Gasteiger partial charge in [-0.3, -0.25) is 0 Å². The molecule has 0 fully saturated rings. The first-order valence-corrected chi connectivity index (χ1v) is 4.99. The molecule has 0 amide bonds. The molecule has 16 heavy (non-hydrogen) atoms. The van der Waals surface area contributed by atoms with E-state index < -0.39 is 11.7 Å². The lowest BCUT2D eigenvalue weighted by Gasteiger charge is -2.15. The van der Waals surface area contributed by atoms with Crippen LogP contribution in [0, 0.1) is 0 Å². The van der Waals surface area contributed by atoms with E-state index in [1.807, 2.05) is 6.92 Å². The predicted octanol–water partition coefficient (Wildman–Crippen LogP) is 2.82. The number of hydrogen-bond donors (Lipinski definition) is 1. The van der Waals surface area contributed by atoms with Gasteiger partial charge in [0.1, 0.15) is 12.4 Å². The number of halogens is 3.